The van der Waals surface area contributed by atoms with Gasteiger partial charge in [-0.3, -0.25) is 9.63 Å². The highest BCUT2D eigenvalue weighted by molar-refractivity contribution is 8.19. The second-order valence-electron chi connectivity index (χ2n) is 12.5. The van der Waals surface area contributed by atoms with Crippen molar-refractivity contribution in [2.45, 2.75) is 84.2 Å². The van der Waals surface area contributed by atoms with Crippen LogP contribution in [0.1, 0.15) is 78.6 Å². The normalized spacial score (nSPS) is 42.4. The lowest BCUT2D eigenvalue weighted by Gasteiger charge is -2.57. The maximum atomic E-state index is 13.8. The van der Waals surface area contributed by atoms with Gasteiger partial charge in [-0.15, -0.1) is 0 Å². The molecule has 198 valence electrons. The summed E-state index contributed by atoms with van der Waals surface area (Å²) in [4.78, 5) is 20.6. The van der Waals surface area contributed by atoms with Gasteiger partial charge in [0.25, 0.3) is 5.91 Å². The first-order valence-corrected chi connectivity index (χ1v) is 15.9. The van der Waals surface area contributed by atoms with Crippen molar-refractivity contribution in [3.8, 4) is 0 Å². The Bertz CT molecular complexity index is 851. The van der Waals surface area contributed by atoms with Crippen molar-refractivity contribution in [3.05, 3.63) is 35.8 Å². The van der Waals surface area contributed by atoms with Gasteiger partial charge in [-0.25, -0.2) is 16.0 Å². The molecule has 0 radical (unpaired) electrons. The van der Waals surface area contributed by atoms with Crippen LogP contribution in [0.25, 0.3) is 0 Å². The second-order valence-corrected chi connectivity index (χ2v) is 14.7. The minimum Gasteiger partial charge on any atom is -0.390 e. The van der Waals surface area contributed by atoms with E-state index in [1.54, 1.807) is 12.2 Å². The van der Waals surface area contributed by atoms with E-state index < -0.39 is 16.5 Å². The average Bonchev–Trinajstić information content (AvgIpc) is 3.18. The molecule has 1 N–H and O–H groups in total. The molecule has 5 heteroatoms. The molecule has 0 aromatic heterocycles. The monoisotopic (exact) mass is 503 g/mol. The molecule has 4 fully saturated rings. The minimum absolute atomic E-state index is 0.0634. The molecule has 4 saturated carbocycles. The third kappa shape index (κ3) is 5.33. The predicted octanol–water partition coefficient (Wildman–Crippen LogP) is 6.63. The Hall–Kier alpha value is -1.04. The SMILES string of the molecule is C=C(/C=C\C=C/C)[SH](C)CN(OC)C(=O)[C@H]1CC[C@H]2[C@@H]3CC[C@@H]4C[C@](C)(O)CC[C@@H]4[C@H]3CC[C@]12C. The molecule has 4 rings (SSSR count). The summed E-state index contributed by atoms with van der Waals surface area (Å²) in [6.45, 7) is 10.7. The number of carbonyl (C=O) groups excluding carboxylic acids is 1. The predicted molar refractivity (Wildman–Crippen MR) is 148 cm³/mol. The molecular weight excluding hydrogens is 454 g/mol. The number of hydrogen-bond acceptors (Lipinski definition) is 3. The van der Waals surface area contributed by atoms with E-state index in [1.165, 1.54) is 32.1 Å². The Balaban J connectivity index is 1.43. The third-order valence-corrected chi connectivity index (χ3v) is 12.2. The molecule has 9 atom stereocenters. The molecule has 0 aromatic rings. The molecule has 0 saturated heterocycles. The Morgan fingerprint density at radius 1 is 1.09 bits per heavy atom. The lowest BCUT2D eigenvalue weighted by atomic mass is 9.49. The highest BCUT2D eigenvalue weighted by Gasteiger charge is 2.59. The van der Waals surface area contributed by atoms with Gasteiger partial charge < -0.3 is 5.11 Å². The zero-order chi connectivity index (χ0) is 25.4. The van der Waals surface area contributed by atoms with Crippen LogP contribution in [-0.4, -0.2) is 40.9 Å². The number of fused-ring (bicyclic) bond motifs is 5. The topological polar surface area (TPSA) is 49.8 Å². The smallest absolute Gasteiger partial charge is 0.250 e. The van der Waals surface area contributed by atoms with E-state index in [2.05, 4.69) is 25.8 Å². The summed E-state index contributed by atoms with van der Waals surface area (Å²) in [6, 6.07) is 0. The molecular formula is C30H49NO3S. The number of aliphatic hydroxyl groups is 1. The van der Waals surface area contributed by atoms with E-state index in [9.17, 15) is 9.90 Å². The van der Waals surface area contributed by atoms with Gasteiger partial charge >= 0.3 is 0 Å². The Morgan fingerprint density at radius 2 is 1.83 bits per heavy atom. The maximum absolute atomic E-state index is 13.8. The number of rotatable bonds is 7. The summed E-state index contributed by atoms with van der Waals surface area (Å²) in [7, 11) is 1.07. The van der Waals surface area contributed by atoms with E-state index in [1.807, 2.05) is 32.1 Å². The molecule has 4 aliphatic rings. The summed E-state index contributed by atoms with van der Waals surface area (Å²) in [5, 5.41) is 12.3. The Morgan fingerprint density at radius 3 is 2.54 bits per heavy atom. The molecule has 0 aliphatic heterocycles. The highest BCUT2D eigenvalue weighted by atomic mass is 32.2. The summed E-state index contributed by atoms with van der Waals surface area (Å²) >= 11 is 0. The number of nitrogens with zero attached hydrogens (tertiary/aromatic N) is 1. The molecule has 4 aliphatic carbocycles. The van der Waals surface area contributed by atoms with E-state index in [0.29, 0.717) is 17.7 Å². The van der Waals surface area contributed by atoms with Crippen LogP contribution in [-0.2, 0) is 9.63 Å². The first kappa shape index (κ1) is 27.0. The van der Waals surface area contributed by atoms with Gasteiger partial charge in [0.15, 0.2) is 0 Å². The second kappa shape index (κ2) is 10.8. The molecule has 1 unspecified atom stereocenters. The van der Waals surface area contributed by atoms with Gasteiger partial charge in [0.05, 0.1) is 18.6 Å². The first-order chi connectivity index (χ1) is 16.6. The maximum Gasteiger partial charge on any atom is 0.250 e. The van der Waals surface area contributed by atoms with E-state index in [0.717, 1.165) is 48.3 Å². The van der Waals surface area contributed by atoms with Crippen molar-refractivity contribution in [3.63, 3.8) is 0 Å². The van der Waals surface area contributed by atoms with Crippen LogP contribution < -0.4 is 0 Å². The van der Waals surface area contributed by atoms with Crippen LogP contribution >= 0.6 is 10.9 Å². The van der Waals surface area contributed by atoms with Crippen molar-refractivity contribution < 1.29 is 14.7 Å². The lowest BCUT2D eigenvalue weighted by Crippen LogP contribution is -2.52. The van der Waals surface area contributed by atoms with Crippen LogP contribution in [0.5, 0.6) is 0 Å². The first-order valence-electron chi connectivity index (χ1n) is 13.9. The van der Waals surface area contributed by atoms with Crippen molar-refractivity contribution in [2.24, 2.45) is 40.9 Å². The number of allylic oxidation sites excluding steroid dienone is 4. The number of amides is 1. The van der Waals surface area contributed by atoms with Crippen molar-refractivity contribution in [1.82, 2.24) is 5.06 Å². The highest BCUT2D eigenvalue weighted by Crippen LogP contribution is 2.64. The quantitative estimate of drug-likeness (QED) is 0.233. The summed E-state index contributed by atoms with van der Waals surface area (Å²) in [6.07, 6.45) is 20.5. The zero-order valence-corrected chi connectivity index (χ0v) is 23.6. The van der Waals surface area contributed by atoms with Gasteiger partial charge in [-0.2, -0.15) is 0 Å². The molecule has 35 heavy (non-hydrogen) atoms. The molecule has 0 bridgehead atoms. The standard InChI is InChI=1S/C30H49NO3S/c1-7-8-9-10-21(2)35(6)20-31(34-5)28(32)27-14-13-26-25-12-11-22-19-29(3,33)17-15-23(22)24(25)16-18-30(26,27)4/h7-10,22-27,33,35H,2,11-20H2,1,3-6H3/b8-7-,10-9-/t22-,23+,24-,25-,26+,27-,29-,30+/m1/s1. The molecule has 0 spiro atoms. The molecule has 0 heterocycles. The third-order valence-electron chi connectivity index (χ3n) is 10.4. The van der Waals surface area contributed by atoms with Crippen LogP contribution in [0.3, 0.4) is 0 Å². The molecule has 4 nitrogen and oxygen atoms in total. The van der Waals surface area contributed by atoms with Gasteiger partial charge in [-0.05, 0) is 118 Å². The summed E-state index contributed by atoms with van der Waals surface area (Å²) in [5.41, 5.74) is -0.375. The van der Waals surface area contributed by atoms with Crippen LogP contribution in [0.15, 0.2) is 35.8 Å². The van der Waals surface area contributed by atoms with Gasteiger partial charge in [0, 0.05) is 5.92 Å². The van der Waals surface area contributed by atoms with Crippen molar-refractivity contribution in [1.29, 1.82) is 0 Å². The summed E-state index contributed by atoms with van der Waals surface area (Å²) in [5.74, 6) is 4.56. The van der Waals surface area contributed by atoms with E-state index >= 15 is 0 Å². The van der Waals surface area contributed by atoms with Crippen molar-refractivity contribution >= 4 is 16.8 Å². The molecule has 1 amide bonds. The van der Waals surface area contributed by atoms with Crippen LogP contribution in [0.2, 0.25) is 0 Å². The number of thiol groups is 1. The number of carbonyl (C=O) groups is 1. The van der Waals surface area contributed by atoms with Gasteiger partial charge in [0.1, 0.15) is 0 Å². The largest absolute Gasteiger partial charge is 0.390 e. The average molecular weight is 504 g/mol. The van der Waals surface area contributed by atoms with E-state index in [4.69, 9.17) is 4.84 Å². The number of hydroxylamine groups is 2. The van der Waals surface area contributed by atoms with Gasteiger partial charge in [-0.1, -0.05) is 37.8 Å². The fourth-order valence-electron chi connectivity index (χ4n) is 8.57. The zero-order valence-electron chi connectivity index (χ0n) is 22.7. The van der Waals surface area contributed by atoms with Crippen LogP contribution in [0, 0.1) is 40.9 Å². The van der Waals surface area contributed by atoms with Gasteiger partial charge in [0.2, 0.25) is 0 Å². The Kier molecular flexibility index (Phi) is 8.30. The fraction of sp³-hybridized carbons (Fsp3) is 0.767. The minimum atomic E-state index is -0.571. The van der Waals surface area contributed by atoms with E-state index in [-0.39, 0.29) is 17.2 Å². The fourth-order valence-corrected chi connectivity index (χ4v) is 9.73. The number of hydrogen-bond donors (Lipinski definition) is 2. The molecule has 0 aromatic carbocycles. The summed E-state index contributed by atoms with van der Waals surface area (Å²) < 4.78 is 0. The lowest BCUT2D eigenvalue weighted by molar-refractivity contribution is -0.182. The Labute approximate surface area is 216 Å². The van der Waals surface area contributed by atoms with Crippen LogP contribution in [0.4, 0.5) is 0 Å². The van der Waals surface area contributed by atoms with Crippen molar-refractivity contribution in [2.75, 3.05) is 19.2 Å².